The number of nitrogen functional groups attached to an aromatic ring is 1. The van der Waals surface area contributed by atoms with E-state index in [0.29, 0.717) is 61.0 Å². The zero-order valence-electron chi connectivity index (χ0n) is 47.1. The number of ether oxygens (including phenoxy) is 4. The van der Waals surface area contributed by atoms with Gasteiger partial charge in [0, 0.05) is 51.1 Å². The summed E-state index contributed by atoms with van der Waals surface area (Å²) >= 11 is 3.33. The molecule has 82 heavy (non-hydrogen) atoms. The number of hydrogen-bond donors (Lipinski definition) is 5. The lowest BCUT2D eigenvalue weighted by Crippen LogP contribution is -2.41. The Balaban J connectivity index is 0.000000223. The van der Waals surface area contributed by atoms with Gasteiger partial charge in [0.05, 0.1) is 93.4 Å². The van der Waals surface area contributed by atoms with E-state index in [2.05, 4.69) is 46.7 Å². The largest absolute Gasteiger partial charge is 0.744 e. The SMILES string of the molecule is C#CC(C)(C)COCc1ccccc1.CC(C)(COCc1ccccc1)c1cc2cc(N)c(F)cc2n1C[C@@H](O)COCc1ccccc1.Cc1ccc(S(=O)(=O)[O-])cc1.[NH3+]c1cc(Br)c(NCC(O)COCc2ccccc2)cc1F. The molecule has 0 radical (unpaired) electrons. The topological polar surface area (TPSA) is 205 Å². The number of hydrogen-bond acceptors (Lipinski definition) is 11. The van der Waals surface area contributed by atoms with E-state index >= 15 is 0 Å². The first-order chi connectivity index (χ1) is 39.0. The van der Waals surface area contributed by atoms with Crippen LogP contribution in [0.2, 0.25) is 0 Å². The second-order valence-electron chi connectivity index (χ2n) is 20.8. The van der Waals surface area contributed by atoms with E-state index < -0.39 is 33.6 Å². The molecule has 17 heteroatoms. The van der Waals surface area contributed by atoms with Crippen molar-refractivity contribution in [2.24, 2.45) is 5.41 Å². The number of aromatic nitrogens is 1. The summed E-state index contributed by atoms with van der Waals surface area (Å²) in [6.45, 7) is 13.9. The van der Waals surface area contributed by atoms with Gasteiger partial charge in [-0.25, -0.2) is 17.2 Å². The van der Waals surface area contributed by atoms with Gasteiger partial charge in [-0.3, -0.25) is 0 Å². The van der Waals surface area contributed by atoms with Gasteiger partial charge in [0.2, 0.25) is 0 Å². The number of aliphatic hydroxyl groups excluding tert-OH is 2. The zero-order chi connectivity index (χ0) is 59.7. The molecule has 8 rings (SSSR count). The minimum Gasteiger partial charge on any atom is -0.744 e. The summed E-state index contributed by atoms with van der Waals surface area (Å²) in [5.41, 5.74) is 16.8. The van der Waals surface area contributed by atoms with Crippen LogP contribution in [0, 0.1) is 36.3 Å². The van der Waals surface area contributed by atoms with Crippen molar-refractivity contribution in [3.8, 4) is 12.3 Å². The first-order valence-corrected chi connectivity index (χ1v) is 28.7. The first kappa shape index (κ1) is 66.0. The second kappa shape index (κ2) is 32.7. The Morgan fingerprint density at radius 3 is 1.62 bits per heavy atom. The minimum atomic E-state index is -4.27. The molecule has 0 saturated heterocycles. The van der Waals surface area contributed by atoms with E-state index in [1.165, 1.54) is 29.8 Å². The molecule has 0 aliphatic carbocycles. The fourth-order valence-corrected chi connectivity index (χ4v) is 8.92. The van der Waals surface area contributed by atoms with Crippen molar-refractivity contribution in [3.05, 3.63) is 226 Å². The predicted molar refractivity (Wildman–Crippen MR) is 323 cm³/mol. The highest BCUT2D eigenvalue weighted by atomic mass is 79.9. The van der Waals surface area contributed by atoms with Gasteiger partial charge in [0.25, 0.3) is 0 Å². The molecule has 0 bridgehead atoms. The standard InChI is InChI=1S/C29H33FN2O3.C16H18BrFN2O2.C13H16O.C7H8O3S/c1-29(2,20-35-18-22-11-7-4-8-12-22)28-14-23-13-26(31)25(30)15-27(23)32(28)16-24(33)19-34-17-21-9-5-3-6-10-21;17-13-6-15(19)14(18)7-16(13)20-8-12(21)10-22-9-11-4-2-1-3-5-11;1-4-13(2,3)11-14-10-12-8-6-5-7-9-12;1-6-2-4-7(5-3-6)11(8,9)10/h3-15,24,33H,16-20,31H2,1-2H3;1-7,12,20-21H,8-10,19H2;1,5-9H,10-11H2,2-3H3;2-5H,1H3,(H,8,9,10)/t24-;;;/m1.../s1. The molecule has 1 heterocycles. The number of nitrogens with zero attached hydrogens (tertiary/aromatic N) is 1. The lowest BCUT2D eigenvalue weighted by molar-refractivity contribution is -0.258. The molecule has 8 aromatic rings. The monoisotopic (exact) mass is 1200 g/mol. The number of terminal acetylenes is 1. The molecule has 2 atom stereocenters. The number of quaternary nitrogens is 1. The Morgan fingerprint density at radius 2 is 1.15 bits per heavy atom. The van der Waals surface area contributed by atoms with Crippen molar-refractivity contribution < 1.29 is 56.6 Å². The van der Waals surface area contributed by atoms with Gasteiger partial charge in [-0.15, -0.1) is 6.42 Å². The van der Waals surface area contributed by atoms with Gasteiger partial charge in [0.1, 0.15) is 15.9 Å². The maximum atomic E-state index is 14.4. The average molecular weight is 1210 g/mol. The Bertz CT molecular complexity index is 3330. The van der Waals surface area contributed by atoms with Gasteiger partial charge < -0.3 is 55.1 Å². The van der Waals surface area contributed by atoms with Crippen molar-refractivity contribution in [3.63, 3.8) is 0 Å². The minimum absolute atomic E-state index is 0.103. The molecule has 436 valence electrons. The number of rotatable bonds is 23. The molecule has 0 spiro atoms. The third-order valence-electron chi connectivity index (χ3n) is 12.5. The van der Waals surface area contributed by atoms with E-state index in [1.807, 2.05) is 153 Å². The molecule has 13 nitrogen and oxygen atoms in total. The lowest BCUT2D eigenvalue weighted by Gasteiger charge is -2.28. The Morgan fingerprint density at radius 1 is 0.683 bits per heavy atom. The van der Waals surface area contributed by atoms with Crippen LogP contribution in [0.1, 0.15) is 61.2 Å². The van der Waals surface area contributed by atoms with Gasteiger partial charge in [-0.2, -0.15) is 0 Å². The first-order valence-electron chi connectivity index (χ1n) is 26.5. The van der Waals surface area contributed by atoms with Crippen LogP contribution in [0.3, 0.4) is 0 Å². The van der Waals surface area contributed by atoms with Crippen molar-refractivity contribution in [1.82, 2.24) is 4.57 Å². The zero-order valence-corrected chi connectivity index (χ0v) is 49.5. The fourth-order valence-electron chi connectivity index (χ4n) is 7.92. The number of fused-ring (bicyclic) bond motifs is 1. The van der Waals surface area contributed by atoms with E-state index in [-0.39, 0.29) is 48.1 Å². The predicted octanol–water partition coefficient (Wildman–Crippen LogP) is 11.6. The molecule has 7 aromatic carbocycles. The smallest absolute Gasteiger partial charge is 0.185 e. The summed E-state index contributed by atoms with van der Waals surface area (Å²) in [5.74, 6) is 1.84. The molecule has 8 N–H and O–H groups in total. The third kappa shape index (κ3) is 22.9. The van der Waals surface area contributed by atoms with Crippen molar-refractivity contribution >= 4 is 54.0 Å². The van der Waals surface area contributed by atoms with Gasteiger partial charge in [0.15, 0.2) is 11.5 Å². The normalized spacial score (nSPS) is 12.1. The van der Waals surface area contributed by atoms with E-state index in [9.17, 15) is 32.0 Å². The number of aliphatic hydroxyl groups is 2. The van der Waals surface area contributed by atoms with Gasteiger partial charge in [-0.1, -0.05) is 159 Å². The van der Waals surface area contributed by atoms with E-state index in [1.54, 1.807) is 24.3 Å². The molecule has 1 aromatic heterocycles. The highest BCUT2D eigenvalue weighted by Crippen LogP contribution is 2.33. The molecule has 0 fully saturated rings. The molecule has 0 aliphatic heterocycles. The van der Waals surface area contributed by atoms with Crippen molar-refractivity contribution in [2.75, 3.05) is 44.0 Å². The fraction of sp³-hybridized carbons (Fsp3) is 0.292. The number of anilines is 2. The van der Waals surface area contributed by atoms with E-state index in [0.717, 1.165) is 33.3 Å². The third-order valence-corrected chi connectivity index (χ3v) is 14.0. The molecule has 0 saturated carbocycles. The molecule has 0 amide bonds. The van der Waals surface area contributed by atoms with Crippen LogP contribution in [-0.2, 0) is 67.5 Å². The maximum Gasteiger partial charge on any atom is 0.185 e. The average Bonchev–Trinajstić information content (AvgIpc) is 3.99. The number of nitrogens with one attached hydrogen (secondary N) is 1. The van der Waals surface area contributed by atoms with Crippen LogP contribution >= 0.6 is 15.9 Å². The number of nitrogens with two attached hydrogens (primary N) is 1. The summed E-state index contributed by atoms with van der Waals surface area (Å²) in [5, 5.41) is 24.5. The Kier molecular flexibility index (Phi) is 26.4. The lowest BCUT2D eigenvalue weighted by atomic mass is 9.90. The van der Waals surface area contributed by atoms with Gasteiger partial charge in [-0.05, 0) is 83.2 Å². The summed E-state index contributed by atoms with van der Waals surface area (Å²) in [4.78, 5) is -0.178. The molecular formula is C65H75BrF2N4O9S. The highest BCUT2D eigenvalue weighted by Gasteiger charge is 2.28. The number of aryl methyl sites for hydroxylation is 1. The second-order valence-corrected chi connectivity index (χ2v) is 23.1. The van der Waals surface area contributed by atoms with Crippen LogP contribution in [-0.4, -0.2) is 72.9 Å². The number of halogens is 3. The Labute approximate surface area is 490 Å². The van der Waals surface area contributed by atoms with Crippen LogP contribution in [0.5, 0.6) is 0 Å². The Hall–Kier alpha value is -6.79. The van der Waals surface area contributed by atoms with Crippen LogP contribution in [0.25, 0.3) is 10.9 Å². The van der Waals surface area contributed by atoms with Gasteiger partial charge >= 0.3 is 0 Å². The number of benzene rings is 7. The van der Waals surface area contributed by atoms with Crippen molar-refractivity contribution in [1.29, 1.82) is 0 Å². The summed E-state index contributed by atoms with van der Waals surface area (Å²) in [7, 11) is -4.27. The van der Waals surface area contributed by atoms with Crippen LogP contribution < -0.4 is 16.8 Å². The van der Waals surface area contributed by atoms with Crippen LogP contribution in [0.15, 0.2) is 185 Å². The molecule has 0 aliphatic rings. The maximum absolute atomic E-state index is 14.4. The van der Waals surface area contributed by atoms with Crippen LogP contribution in [0.4, 0.5) is 25.8 Å². The van der Waals surface area contributed by atoms with Crippen molar-refractivity contribution in [2.45, 2.75) is 90.1 Å². The molecule has 1 unspecified atom stereocenters. The quantitative estimate of drug-likeness (QED) is 0.0231. The summed E-state index contributed by atoms with van der Waals surface area (Å²) in [6.07, 6.45) is 3.90. The summed E-state index contributed by atoms with van der Waals surface area (Å²) in [6, 6.07) is 53.5. The van der Waals surface area contributed by atoms with E-state index in [4.69, 9.17) is 31.1 Å². The summed E-state index contributed by atoms with van der Waals surface area (Å²) < 4.78 is 84.5. The molecular weight excluding hydrogens is 1130 g/mol. The highest BCUT2D eigenvalue weighted by molar-refractivity contribution is 9.10.